The molecule has 222 valence electrons. The van der Waals surface area contributed by atoms with Crippen LogP contribution in [0.3, 0.4) is 0 Å². The normalized spacial score (nSPS) is 13.5. The molecule has 6 aromatic carbocycles. The number of benzene rings is 6. The minimum absolute atomic E-state index is 0.0000470. The van der Waals surface area contributed by atoms with Crippen LogP contribution in [0.1, 0.15) is 25.0 Å². The number of rotatable bonds is 3. The Morgan fingerprint density at radius 2 is 1.06 bits per heavy atom. The molecule has 3 aromatic heterocycles. The highest BCUT2D eigenvalue weighted by molar-refractivity contribution is 6.23. The number of nitrogens with zero attached hydrogens (tertiary/aromatic N) is 5. The summed E-state index contributed by atoms with van der Waals surface area (Å²) in [4.78, 5) is 13.3. The van der Waals surface area contributed by atoms with Crippen LogP contribution in [-0.4, -0.2) is 24.1 Å². The third kappa shape index (κ3) is 3.57. The predicted octanol–water partition coefficient (Wildman–Crippen LogP) is 10.0. The number of hydrogen-bond donors (Lipinski definition) is 0. The number of para-hydroxylation sites is 2. The first-order valence-electron chi connectivity index (χ1n) is 16.0. The topological polar surface area (TPSA) is 48.5 Å². The van der Waals surface area contributed by atoms with Crippen LogP contribution in [0.25, 0.3) is 77.5 Å². The van der Waals surface area contributed by atoms with Crippen molar-refractivity contribution < 1.29 is 0 Å². The lowest BCUT2D eigenvalue weighted by molar-refractivity contribution is 0.660. The van der Waals surface area contributed by atoms with Crippen molar-refractivity contribution in [2.75, 3.05) is 0 Å². The zero-order chi connectivity index (χ0) is 31.3. The second kappa shape index (κ2) is 9.47. The van der Waals surface area contributed by atoms with Crippen molar-refractivity contribution >= 4 is 43.6 Å². The molecule has 0 saturated carbocycles. The maximum absolute atomic E-state index is 4.61. The zero-order valence-corrected chi connectivity index (χ0v) is 26.0. The Labute approximate surface area is 271 Å². The highest BCUT2D eigenvalue weighted by atomic mass is 15.2. The fraction of sp³-hybridized carbons (Fsp3) is 0.0714. The molecule has 3 heterocycles. The number of aromatic nitrogens is 5. The van der Waals surface area contributed by atoms with Gasteiger partial charge in [0.1, 0.15) is 12.7 Å². The van der Waals surface area contributed by atoms with Crippen molar-refractivity contribution in [3.63, 3.8) is 0 Å². The van der Waals surface area contributed by atoms with Gasteiger partial charge in [0.15, 0.2) is 0 Å². The van der Waals surface area contributed by atoms with Crippen LogP contribution in [-0.2, 0) is 5.41 Å². The second-order valence-electron chi connectivity index (χ2n) is 13.0. The van der Waals surface area contributed by atoms with Gasteiger partial charge in [-0.2, -0.15) is 0 Å². The molecular weight excluding hydrogens is 574 g/mol. The lowest BCUT2D eigenvalue weighted by atomic mass is 9.82. The molecule has 5 nitrogen and oxygen atoms in total. The second-order valence-corrected chi connectivity index (χ2v) is 13.0. The molecule has 0 amide bonds. The van der Waals surface area contributed by atoms with Gasteiger partial charge in [0.05, 0.1) is 22.1 Å². The summed E-state index contributed by atoms with van der Waals surface area (Å²) in [5, 5.41) is 4.73. The summed E-state index contributed by atoms with van der Waals surface area (Å²) in [5.74, 6) is 0.604. The van der Waals surface area contributed by atoms with Crippen LogP contribution in [0.15, 0.2) is 140 Å². The van der Waals surface area contributed by atoms with Crippen LogP contribution in [0.4, 0.5) is 0 Å². The summed E-state index contributed by atoms with van der Waals surface area (Å²) >= 11 is 0. The summed E-state index contributed by atoms with van der Waals surface area (Å²) in [6.07, 6.45) is 3.13. The van der Waals surface area contributed by atoms with E-state index in [1.807, 2.05) is 0 Å². The Hall–Kier alpha value is -6.07. The molecule has 0 atom stereocenters. The SMILES string of the molecule is CC1(C)c2ccccc2-c2cc(-c3ccc(-n4c5ccccc5c5ccc6c7ccccc7n(-c7ncncn7)c6c54)cc3)ccc21. The molecule has 0 aliphatic heterocycles. The van der Waals surface area contributed by atoms with Gasteiger partial charge in [-0.25, -0.2) is 15.0 Å². The van der Waals surface area contributed by atoms with Gasteiger partial charge in [-0.1, -0.05) is 111 Å². The van der Waals surface area contributed by atoms with Crippen LogP contribution in [0.2, 0.25) is 0 Å². The third-order valence-corrected chi connectivity index (χ3v) is 10.2. The molecule has 0 N–H and O–H groups in total. The van der Waals surface area contributed by atoms with E-state index in [9.17, 15) is 0 Å². The molecule has 1 aliphatic rings. The first-order valence-corrected chi connectivity index (χ1v) is 16.0. The summed E-state index contributed by atoms with van der Waals surface area (Å²) in [7, 11) is 0. The van der Waals surface area contributed by atoms with Crippen LogP contribution in [0.5, 0.6) is 0 Å². The third-order valence-electron chi connectivity index (χ3n) is 10.2. The van der Waals surface area contributed by atoms with Crippen molar-refractivity contribution in [1.82, 2.24) is 24.1 Å². The maximum atomic E-state index is 4.61. The lowest BCUT2D eigenvalue weighted by Gasteiger charge is -2.21. The Kier molecular flexibility index (Phi) is 5.28. The molecule has 0 fully saturated rings. The van der Waals surface area contributed by atoms with Gasteiger partial charge in [-0.15, -0.1) is 0 Å². The highest BCUT2D eigenvalue weighted by Crippen LogP contribution is 2.49. The smallest absolute Gasteiger partial charge is 0.237 e. The largest absolute Gasteiger partial charge is 0.307 e. The molecule has 0 bridgehead atoms. The van der Waals surface area contributed by atoms with Crippen molar-refractivity contribution in [1.29, 1.82) is 0 Å². The van der Waals surface area contributed by atoms with Crippen molar-refractivity contribution in [3.05, 3.63) is 151 Å². The van der Waals surface area contributed by atoms with E-state index in [-0.39, 0.29) is 5.41 Å². The Morgan fingerprint density at radius 1 is 0.489 bits per heavy atom. The van der Waals surface area contributed by atoms with E-state index in [0.29, 0.717) is 5.95 Å². The zero-order valence-electron chi connectivity index (χ0n) is 26.0. The van der Waals surface area contributed by atoms with Crippen LogP contribution < -0.4 is 0 Å². The van der Waals surface area contributed by atoms with Gasteiger partial charge in [0.2, 0.25) is 5.95 Å². The molecule has 0 radical (unpaired) electrons. The van der Waals surface area contributed by atoms with E-state index >= 15 is 0 Å². The van der Waals surface area contributed by atoms with Gasteiger partial charge in [-0.05, 0) is 63.7 Å². The number of fused-ring (bicyclic) bond motifs is 10. The summed E-state index contributed by atoms with van der Waals surface area (Å²) in [5.41, 5.74) is 13.4. The molecular formula is C42H29N5. The quantitative estimate of drug-likeness (QED) is 0.202. The van der Waals surface area contributed by atoms with Crippen molar-refractivity contribution in [2.45, 2.75) is 19.3 Å². The molecule has 0 saturated heterocycles. The van der Waals surface area contributed by atoms with Gasteiger partial charge < -0.3 is 4.57 Å². The average Bonchev–Trinajstić information content (AvgIpc) is 3.72. The molecule has 0 unspecified atom stereocenters. The van der Waals surface area contributed by atoms with Crippen LogP contribution in [0, 0.1) is 0 Å². The molecule has 47 heavy (non-hydrogen) atoms. The number of hydrogen-bond acceptors (Lipinski definition) is 3. The summed E-state index contributed by atoms with van der Waals surface area (Å²) in [6, 6.07) is 46.5. The van der Waals surface area contributed by atoms with Gasteiger partial charge in [-0.3, -0.25) is 4.57 Å². The van der Waals surface area contributed by atoms with Gasteiger partial charge in [0, 0.05) is 32.6 Å². The fourth-order valence-electron chi connectivity index (χ4n) is 8.03. The summed E-state index contributed by atoms with van der Waals surface area (Å²) in [6.45, 7) is 4.66. The van der Waals surface area contributed by atoms with Gasteiger partial charge in [0.25, 0.3) is 0 Å². The molecule has 0 spiro atoms. The Bertz CT molecular complexity index is 2700. The fourth-order valence-corrected chi connectivity index (χ4v) is 8.03. The van der Waals surface area contributed by atoms with E-state index < -0.39 is 0 Å². The first kappa shape index (κ1) is 26.2. The van der Waals surface area contributed by atoms with E-state index in [2.05, 4.69) is 165 Å². The molecule has 1 aliphatic carbocycles. The van der Waals surface area contributed by atoms with E-state index in [0.717, 1.165) is 33.1 Å². The molecule has 9 aromatic rings. The summed E-state index contributed by atoms with van der Waals surface area (Å²) < 4.78 is 4.58. The van der Waals surface area contributed by atoms with E-state index in [1.54, 1.807) is 12.7 Å². The first-order chi connectivity index (χ1) is 23.1. The van der Waals surface area contributed by atoms with Gasteiger partial charge >= 0.3 is 0 Å². The lowest BCUT2D eigenvalue weighted by Crippen LogP contribution is -2.14. The standard InChI is InChI=1S/C42H29N5/c1-42(2)35-12-6-3-9-29(35)34-23-27(17-22-36(34)42)26-15-18-28(19-16-26)46-37-13-7-4-10-30(37)32-20-21-33-31-11-5-8-14-38(31)47(40(33)39(32)46)41-44-24-43-25-45-41/h3-25H,1-2H3. The minimum Gasteiger partial charge on any atom is -0.307 e. The van der Waals surface area contributed by atoms with E-state index in [1.165, 1.54) is 49.5 Å². The highest BCUT2D eigenvalue weighted by Gasteiger charge is 2.35. The van der Waals surface area contributed by atoms with E-state index in [4.69, 9.17) is 0 Å². The van der Waals surface area contributed by atoms with Crippen molar-refractivity contribution in [2.24, 2.45) is 0 Å². The van der Waals surface area contributed by atoms with Crippen LogP contribution >= 0.6 is 0 Å². The maximum Gasteiger partial charge on any atom is 0.237 e. The Balaban J connectivity index is 1.21. The minimum atomic E-state index is -0.0000470. The molecule has 5 heteroatoms. The van der Waals surface area contributed by atoms with Crippen molar-refractivity contribution in [3.8, 4) is 33.9 Å². The molecule has 10 rings (SSSR count). The Morgan fingerprint density at radius 3 is 1.79 bits per heavy atom. The predicted molar refractivity (Wildman–Crippen MR) is 192 cm³/mol. The average molecular weight is 604 g/mol. The monoisotopic (exact) mass is 603 g/mol.